The summed E-state index contributed by atoms with van der Waals surface area (Å²) in [5.41, 5.74) is 2.86. The summed E-state index contributed by atoms with van der Waals surface area (Å²) in [5, 5.41) is 22.7. The topological polar surface area (TPSA) is 91.1 Å². The van der Waals surface area contributed by atoms with Crippen LogP contribution >= 0.6 is 23.1 Å². The highest BCUT2D eigenvalue weighted by atomic mass is 32.2. The number of benzene rings is 1. The molecule has 0 unspecified atom stereocenters. The molecule has 0 saturated carbocycles. The van der Waals surface area contributed by atoms with Crippen molar-refractivity contribution in [3.8, 4) is 27.8 Å². The third-order valence-corrected chi connectivity index (χ3v) is 8.44. The van der Waals surface area contributed by atoms with E-state index in [1.165, 1.54) is 11.8 Å². The predicted octanol–water partition coefficient (Wildman–Crippen LogP) is 5.02. The van der Waals surface area contributed by atoms with Gasteiger partial charge < -0.3 is 5.11 Å². The lowest BCUT2D eigenvalue weighted by atomic mass is 10.0. The highest BCUT2D eigenvalue weighted by Gasteiger charge is 2.20. The van der Waals surface area contributed by atoms with Crippen LogP contribution in [-0.2, 0) is 9.84 Å². The molecule has 0 aliphatic rings. The summed E-state index contributed by atoms with van der Waals surface area (Å²) in [4.78, 5) is 5.66. The van der Waals surface area contributed by atoms with Gasteiger partial charge in [0.05, 0.1) is 33.7 Å². The number of thiophene rings is 1. The molecule has 0 radical (unpaired) electrons. The maximum absolute atomic E-state index is 12.1. The minimum Gasteiger partial charge on any atom is -0.391 e. The number of pyridine rings is 1. The van der Waals surface area contributed by atoms with Crippen LogP contribution in [0.4, 0.5) is 0 Å². The number of sulfone groups is 1. The van der Waals surface area contributed by atoms with Gasteiger partial charge >= 0.3 is 0 Å². The lowest BCUT2D eigenvalue weighted by molar-refractivity contribution is 0.222. The summed E-state index contributed by atoms with van der Waals surface area (Å²) in [6, 6.07) is 17.7. The van der Waals surface area contributed by atoms with Crippen LogP contribution in [0.15, 0.2) is 58.9 Å². The Labute approximate surface area is 191 Å². The molecular formula is C23H24N2O3S3. The first-order chi connectivity index (χ1) is 14.9. The smallest absolute Gasteiger partial charge is 0.152 e. The van der Waals surface area contributed by atoms with E-state index in [0.29, 0.717) is 17.0 Å². The Bertz CT molecular complexity index is 1140. The Hall–Kier alpha value is -2.18. The van der Waals surface area contributed by atoms with E-state index in [-0.39, 0.29) is 17.3 Å². The van der Waals surface area contributed by atoms with E-state index in [4.69, 9.17) is 0 Å². The lowest BCUT2D eigenvalue weighted by Crippen LogP contribution is -2.25. The molecule has 0 fully saturated rings. The molecule has 8 heteroatoms. The molecule has 5 nitrogen and oxygen atoms in total. The van der Waals surface area contributed by atoms with E-state index in [0.717, 1.165) is 28.1 Å². The Balaban J connectivity index is 1.90. The van der Waals surface area contributed by atoms with Gasteiger partial charge in [-0.25, -0.2) is 13.4 Å². The maximum atomic E-state index is 12.1. The molecule has 0 saturated heterocycles. The molecule has 162 valence electrons. The fourth-order valence-electron chi connectivity index (χ4n) is 3.09. The monoisotopic (exact) mass is 472 g/mol. The average molecular weight is 473 g/mol. The summed E-state index contributed by atoms with van der Waals surface area (Å²) in [5.74, 6) is -0.0495. The molecule has 2 heterocycles. The van der Waals surface area contributed by atoms with Crippen molar-refractivity contribution in [2.24, 2.45) is 0 Å². The van der Waals surface area contributed by atoms with Crippen LogP contribution in [0.5, 0.6) is 0 Å². The second kappa shape index (κ2) is 10.9. The number of hydrogen-bond acceptors (Lipinski definition) is 7. The van der Waals surface area contributed by atoms with Crippen LogP contribution in [0, 0.1) is 11.3 Å². The van der Waals surface area contributed by atoms with Crippen molar-refractivity contribution < 1.29 is 13.5 Å². The van der Waals surface area contributed by atoms with Crippen molar-refractivity contribution in [3.05, 3.63) is 59.5 Å². The number of unbranched alkanes of at least 4 members (excludes halogenated alkanes) is 1. The van der Waals surface area contributed by atoms with Crippen molar-refractivity contribution >= 4 is 32.9 Å². The fraction of sp³-hybridized carbons (Fsp3) is 0.304. The highest BCUT2D eigenvalue weighted by molar-refractivity contribution is 7.99. The Morgan fingerprint density at radius 2 is 2.00 bits per heavy atom. The van der Waals surface area contributed by atoms with Crippen LogP contribution in [0.1, 0.15) is 25.3 Å². The van der Waals surface area contributed by atoms with E-state index in [1.807, 2.05) is 60.8 Å². The van der Waals surface area contributed by atoms with Gasteiger partial charge in [-0.2, -0.15) is 5.26 Å². The summed E-state index contributed by atoms with van der Waals surface area (Å²) in [6.45, 7) is 1.93. The van der Waals surface area contributed by atoms with E-state index < -0.39 is 15.9 Å². The second-order valence-electron chi connectivity index (χ2n) is 7.12. The minimum absolute atomic E-state index is 0.0823. The molecule has 1 atom stereocenters. The number of nitrogens with zero attached hydrogens (tertiary/aromatic N) is 2. The van der Waals surface area contributed by atoms with Gasteiger partial charge in [-0.3, -0.25) is 0 Å². The Kier molecular flexibility index (Phi) is 8.27. The average Bonchev–Trinajstić information content (AvgIpc) is 3.31. The third kappa shape index (κ3) is 6.40. The molecular weight excluding hydrogens is 448 g/mol. The van der Waals surface area contributed by atoms with Crippen LogP contribution in [0.25, 0.3) is 21.7 Å². The SMILES string of the molecule is CCCCS(=O)(=O)C[C@@H](O)CSc1nc(-c2cccs2)cc(-c2ccccc2)c1C#N. The van der Waals surface area contributed by atoms with Crippen molar-refractivity contribution in [2.45, 2.75) is 30.9 Å². The molecule has 1 aromatic carbocycles. The Morgan fingerprint density at radius 1 is 1.23 bits per heavy atom. The van der Waals surface area contributed by atoms with Crippen LogP contribution in [0.3, 0.4) is 0 Å². The second-order valence-corrected chi connectivity index (χ2v) is 11.3. The molecule has 1 N–H and O–H groups in total. The van der Waals surface area contributed by atoms with Crippen molar-refractivity contribution in [2.75, 3.05) is 17.3 Å². The fourth-order valence-corrected chi connectivity index (χ4v) is 6.46. The first-order valence-electron chi connectivity index (χ1n) is 9.99. The molecule has 2 aromatic heterocycles. The van der Waals surface area contributed by atoms with Crippen LogP contribution in [0.2, 0.25) is 0 Å². The Morgan fingerprint density at radius 3 is 2.65 bits per heavy atom. The summed E-state index contributed by atoms with van der Waals surface area (Å²) in [6.07, 6.45) is 0.355. The van der Waals surface area contributed by atoms with Gasteiger partial charge in [0.2, 0.25) is 0 Å². The number of nitriles is 1. The van der Waals surface area contributed by atoms with Crippen molar-refractivity contribution in [1.29, 1.82) is 5.26 Å². The minimum atomic E-state index is -3.30. The zero-order chi connectivity index (χ0) is 22.3. The summed E-state index contributed by atoms with van der Waals surface area (Å²) in [7, 11) is -3.30. The molecule has 0 amide bonds. The van der Waals surface area contributed by atoms with Crippen molar-refractivity contribution in [1.82, 2.24) is 4.98 Å². The van der Waals surface area contributed by atoms with Gasteiger partial charge in [0.25, 0.3) is 0 Å². The van der Waals surface area contributed by atoms with E-state index in [2.05, 4.69) is 11.1 Å². The lowest BCUT2D eigenvalue weighted by Gasteiger charge is -2.14. The number of aliphatic hydroxyl groups is 1. The molecule has 0 aliphatic carbocycles. The highest BCUT2D eigenvalue weighted by Crippen LogP contribution is 2.35. The zero-order valence-electron chi connectivity index (χ0n) is 17.2. The number of thioether (sulfide) groups is 1. The molecule has 0 bridgehead atoms. The number of rotatable bonds is 10. The first-order valence-corrected chi connectivity index (χ1v) is 13.7. The normalized spacial score (nSPS) is 12.4. The van der Waals surface area contributed by atoms with Gasteiger partial charge in [-0.1, -0.05) is 49.7 Å². The summed E-state index contributed by atoms with van der Waals surface area (Å²) < 4.78 is 24.3. The molecule has 0 spiro atoms. The molecule has 3 rings (SSSR count). The van der Waals surface area contributed by atoms with Crippen molar-refractivity contribution in [3.63, 3.8) is 0 Å². The molecule has 3 aromatic rings. The molecule has 31 heavy (non-hydrogen) atoms. The largest absolute Gasteiger partial charge is 0.391 e. The van der Waals surface area contributed by atoms with Gasteiger partial charge in [-0.05, 0) is 29.5 Å². The molecule has 0 aliphatic heterocycles. The van der Waals surface area contributed by atoms with E-state index in [9.17, 15) is 18.8 Å². The summed E-state index contributed by atoms with van der Waals surface area (Å²) >= 11 is 2.78. The van der Waals surface area contributed by atoms with Gasteiger partial charge in [0, 0.05) is 11.3 Å². The van der Waals surface area contributed by atoms with Gasteiger partial charge in [-0.15, -0.1) is 23.1 Å². The third-order valence-electron chi connectivity index (χ3n) is 4.62. The predicted molar refractivity (Wildman–Crippen MR) is 128 cm³/mol. The number of aromatic nitrogens is 1. The maximum Gasteiger partial charge on any atom is 0.152 e. The quantitative estimate of drug-likeness (QED) is 0.417. The van der Waals surface area contributed by atoms with E-state index >= 15 is 0 Å². The standard InChI is InChI=1S/C23H24N2O3S3/c1-2-3-12-31(27,28)16-18(26)15-30-23-20(14-24)19(17-8-5-4-6-9-17)13-21(25-23)22-10-7-11-29-22/h4-11,13,18,26H,2-3,12,15-16H2,1H3/t18-/m0/s1. The van der Waals surface area contributed by atoms with E-state index in [1.54, 1.807) is 11.3 Å². The van der Waals surface area contributed by atoms with Gasteiger partial charge in [0.15, 0.2) is 9.84 Å². The zero-order valence-corrected chi connectivity index (χ0v) is 19.6. The first kappa shape index (κ1) is 23.5. The number of hydrogen-bond donors (Lipinski definition) is 1. The van der Waals surface area contributed by atoms with Gasteiger partial charge in [0.1, 0.15) is 11.1 Å². The van der Waals surface area contributed by atoms with Crippen LogP contribution < -0.4 is 0 Å². The van der Waals surface area contributed by atoms with Crippen LogP contribution in [-0.4, -0.2) is 41.9 Å². The number of aliphatic hydroxyl groups excluding tert-OH is 1.